The number of sulfonamides is 1. The third kappa shape index (κ3) is 3.65. The van der Waals surface area contributed by atoms with Crippen molar-refractivity contribution in [1.82, 2.24) is 9.62 Å². The number of aryl methyl sites for hydroxylation is 1. The summed E-state index contributed by atoms with van der Waals surface area (Å²) in [6, 6.07) is 3.88. The number of rotatable bonds is 7. The second kappa shape index (κ2) is 6.46. The Balaban J connectivity index is 2.41. The fraction of sp³-hybridized carbons (Fsp3) is 0.625. The molecule has 1 aromatic rings. The first-order valence-corrected chi connectivity index (χ1v) is 9.09. The summed E-state index contributed by atoms with van der Waals surface area (Å²) in [4.78, 5) is 0.468. The van der Waals surface area contributed by atoms with E-state index in [0.29, 0.717) is 30.4 Å². The van der Waals surface area contributed by atoms with E-state index in [0.717, 1.165) is 29.5 Å². The van der Waals surface area contributed by atoms with E-state index in [9.17, 15) is 8.42 Å². The lowest BCUT2D eigenvalue weighted by atomic mass is 10.1. The van der Waals surface area contributed by atoms with Crippen molar-refractivity contribution < 1.29 is 8.42 Å². The Kier molecular flexibility index (Phi) is 5.07. The van der Waals surface area contributed by atoms with Crippen LogP contribution in [-0.4, -0.2) is 32.9 Å². The molecular formula is C16H26N2O2S. The molecule has 0 saturated heterocycles. The summed E-state index contributed by atoms with van der Waals surface area (Å²) in [5.74, 6) is 0.557. The van der Waals surface area contributed by atoms with Crippen LogP contribution in [0.5, 0.6) is 0 Å². The molecule has 1 fully saturated rings. The van der Waals surface area contributed by atoms with Crippen LogP contribution in [0.3, 0.4) is 0 Å². The minimum Gasteiger partial charge on any atom is -0.316 e. The van der Waals surface area contributed by atoms with Crippen molar-refractivity contribution in [2.45, 2.75) is 45.1 Å². The molecule has 1 saturated carbocycles. The van der Waals surface area contributed by atoms with Gasteiger partial charge in [-0.05, 0) is 62.4 Å². The van der Waals surface area contributed by atoms with Crippen LogP contribution in [0.1, 0.15) is 36.5 Å². The molecule has 2 rings (SSSR count). The van der Waals surface area contributed by atoms with Crippen molar-refractivity contribution in [3.8, 4) is 0 Å². The van der Waals surface area contributed by atoms with Crippen LogP contribution >= 0.6 is 0 Å². The first-order chi connectivity index (χ1) is 9.90. The third-order valence-corrected chi connectivity index (χ3v) is 6.26. The molecule has 5 heteroatoms. The molecule has 4 nitrogen and oxygen atoms in total. The second-order valence-corrected chi connectivity index (χ2v) is 7.87. The monoisotopic (exact) mass is 310 g/mol. The van der Waals surface area contributed by atoms with Crippen molar-refractivity contribution >= 4 is 10.0 Å². The Labute approximate surface area is 128 Å². The Bertz CT molecular complexity index is 607. The van der Waals surface area contributed by atoms with Crippen molar-refractivity contribution in [2.24, 2.45) is 5.92 Å². The van der Waals surface area contributed by atoms with E-state index in [1.807, 2.05) is 33.9 Å². The smallest absolute Gasteiger partial charge is 0.243 e. The van der Waals surface area contributed by atoms with Gasteiger partial charge < -0.3 is 5.32 Å². The minimum absolute atomic E-state index is 0.468. The predicted octanol–water partition coefficient (Wildman–Crippen LogP) is 2.44. The molecule has 0 radical (unpaired) electrons. The molecule has 1 N–H and O–H groups in total. The average Bonchev–Trinajstić information content (AvgIpc) is 3.23. The summed E-state index contributed by atoms with van der Waals surface area (Å²) in [6.07, 6.45) is 2.31. The molecule has 0 aliphatic heterocycles. The fourth-order valence-electron chi connectivity index (χ4n) is 2.60. The van der Waals surface area contributed by atoms with Gasteiger partial charge in [-0.15, -0.1) is 0 Å². The molecular weight excluding hydrogens is 284 g/mol. The highest BCUT2D eigenvalue weighted by Crippen LogP contribution is 2.32. The van der Waals surface area contributed by atoms with Crippen molar-refractivity contribution in [2.75, 3.05) is 20.1 Å². The van der Waals surface area contributed by atoms with Gasteiger partial charge in [-0.3, -0.25) is 0 Å². The Morgan fingerprint density at radius 1 is 1.29 bits per heavy atom. The van der Waals surface area contributed by atoms with Gasteiger partial charge in [0.1, 0.15) is 0 Å². The third-order valence-electron chi connectivity index (χ3n) is 4.19. The fourth-order valence-corrected chi connectivity index (χ4v) is 4.47. The largest absolute Gasteiger partial charge is 0.316 e. The number of nitrogens with zero attached hydrogens (tertiary/aromatic N) is 1. The Hall–Kier alpha value is -0.910. The van der Waals surface area contributed by atoms with E-state index in [1.165, 1.54) is 0 Å². The predicted molar refractivity (Wildman–Crippen MR) is 85.8 cm³/mol. The van der Waals surface area contributed by atoms with Gasteiger partial charge in [0.25, 0.3) is 0 Å². The molecule has 0 atom stereocenters. The van der Waals surface area contributed by atoms with E-state index in [4.69, 9.17) is 0 Å². The van der Waals surface area contributed by atoms with Gasteiger partial charge in [0, 0.05) is 19.6 Å². The maximum Gasteiger partial charge on any atom is 0.243 e. The summed E-state index contributed by atoms with van der Waals surface area (Å²) in [6.45, 7) is 7.67. The zero-order chi connectivity index (χ0) is 15.6. The lowest BCUT2D eigenvalue weighted by Crippen LogP contribution is -2.33. The Morgan fingerprint density at radius 2 is 1.95 bits per heavy atom. The van der Waals surface area contributed by atoms with E-state index < -0.39 is 10.0 Å². The van der Waals surface area contributed by atoms with Gasteiger partial charge >= 0.3 is 0 Å². The van der Waals surface area contributed by atoms with E-state index in [-0.39, 0.29) is 0 Å². The van der Waals surface area contributed by atoms with Crippen LogP contribution in [0.15, 0.2) is 17.0 Å². The SMILES string of the molecule is CCN(CC1CC1)S(=O)(=O)c1cc(CNC)cc(C)c1C. The quantitative estimate of drug-likeness (QED) is 0.841. The van der Waals surface area contributed by atoms with Gasteiger partial charge in [0.15, 0.2) is 0 Å². The zero-order valence-corrected chi connectivity index (χ0v) is 14.3. The van der Waals surface area contributed by atoms with E-state index in [2.05, 4.69) is 11.4 Å². The highest BCUT2D eigenvalue weighted by atomic mass is 32.2. The maximum absolute atomic E-state index is 13.0. The molecule has 0 amide bonds. The first-order valence-electron chi connectivity index (χ1n) is 7.65. The molecule has 1 aliphatic rings. The van der Waals surface area contributed by atoms with Crippen LogP contribution in [0.2, 0.25) is 0 Å². The topological polar surface area (TPSA) is 49.4 Å². The van der Waals surface area contributed by atoms with Gasteiger partial charge in [-0.2, -0.15) is 4.31 Å². The molecule has 1 aromatic carbocycles. The molecule has 21 heavy (non-hydrogen) atoms. The van der Waals surface area contributed by atoms with E-state index >= 15 is 0 Å². The molecule has 1 aliphatic carbocycles. The van der Waals surface area contributed by atoms with Gasteiger partial charge in [0.2, 0.25) is 10.0 Å². The van der Waals surface area contributed by atoms with Gasteiger partial charge in [-0.25, -0.2) is 8.42 Å². The maximum atomic E-state index is 13.0. The van der Waals surface area contributed by atoms with Gasteiger partial charge in [-0.1, -0.05) is 13.0 Å². The summed E-state index contributed by atoms with van der Waals surface area (Å²) < 4.78 is 27.6. The van der Waals surface area contributed by atoms with Crippen LogP contribution in [-0.2, 0) is 16.6 Å². The standard InChI is InChI=1S/C16H26N2O2S/c1-5-18(11-14-6-7-14)21(19,20)16-9-15(10-17-4)8-12(2)13(16)3/h8-9,14,17H,5-7,10-11H2,1-4H3. The second-order valence-electron chi connectivity index (χ2n) is 5.97. The molecule has 0 unspecified atom stereocenters. The molecule has 0 heterocycles. The summed E-state index contributed by atoms with van der Waals surface area (Å²) in [7, 11) is -1.52. The van der Waals surface area contributed by atoms with Crippen molar-refractivity contribution in [1.29, 1.82) is 0 Å². The minimum atomic E-state index is -3.39. The molecule has 0 bridgehead atoms. The zero-order valence-electron chi connectivity index (χ0n) is 13.4. The Morgan fingerprint density at radius 3 is 2.48 bits per heavy atom. The van der Waals surface area contributed by atoms with Gasteiger partial charge in [0.05, 0.1) is 4.90 Å². The normalized spacial score (nSPS) is 15.7. The number of hydrogen-bond donors (Lipinski definition) is 1. The highest BCUT2D eigenvalue weighted by molar-refractivity contribution is 7.89. The van der Waals surface area contributed by atoms with Crippen molar-refractivity contribution in [3.63, 3.8) is 0 Å². The highest BCUT2D eigenvalue weighted by Gasteiger charge is 2.31. The summed E-state index contributed by atoms with van der Waals surface area (Å²) >= 11 is 0. The average molecular weight is 310 g/mol. The number of hydrogen-bond acceptors (Lipinski definition) is 3. The van der Waals surface area contributed by atoms with Crippen LogP contribution in [0.4, 0.5) is 0 Å². The summed E-state index contributed by atoms with van der Waals surface area (Å²) in [5.41, 5.74) is 2.91. The lowest BCUT2D eigenvalue weighted by Gasteiger charge is -2.22. The first kappa shape index (κ1) is 16.5. The number of benzene rings is 1. The van der Waals surface area contributed by atoms with Crippen LogP contribution < -0.4 is 5.32 Å². The molecule has 0 aromatic heterocycles. The molecule has 0 spiro atoms. The van der Waals surface area contributed by atoms with E-state index in [1.54, 1.807) is 4.31 Å². The summed E-state index contributed by atoms with van der Waals surface area (Å²) in [5, 5.41) is 3.09. The van der Waals surface area contributed by atoms with Crippen LogP contribution in [0.25, 0.3) is 0 Å². The lowest BCUT2D eigenvalue weighted by molar-refractivity contribution is 0.411. The van der Waals surface area contributed by atoms with Crippen molar-refractivity contribution in [3.05, 3.63) is 28.8 Å². The van der Waals surface area contributed by atoms with Crippen LogP contribution in [0, 0.1) is 19.8 Å². The molecule has 118 valence electrons. The number of nitrogens with one attached hydrogen (secondary N) is 1.